The van der Waals surface area contributed by atoms with Gasteiger partial charge in [-0.15, -0.1) is 0 Å². The molecule has 0 bridgehead atoms. The first-order valence-electron chi connectivity index (χ1n) is 6.40. The third-order valence-corrected chi connectivity index (χ3v) is 3.43. The maximum absolute atomic E-state index is 11.2. The van der Waals surface area contributed by atoms with Crippen LogP contribution in [0.1, 0.15) is 44.4 Å². The van der Waals surface area contributed by atoms with Crippen molar-refractivity contribution < 1.29 is 9.90 Å². The molecule has 3 nitrogen and oxygen atoms in total. The van der Waals surface area contributed by atoms with Crippen molar-refractivity contribution in [1.29, 1.82) is 0 Å². The Morgan fingerprint density at radius 3 is 2.28 bits per heavy atom. The molecule has 1 aromatic carbocycles. The van der Waals surface area contributed by atoms with Crippen molar-refractivity contribution in [3.8, 4) is 0 Å². The van der Waals surface area contributed by atoms with Gasteiger partial charge >= 0.3 is 5.97 Å². The van der Waals surface area contributed by atoms with Crippen LogP contribution in [0.4, 0.5) is 0 Å². The van der Waals surface area contributed by atoms with E-state index in [0.29, 0.717) is 6.42 Å². The number of carboxylic acids is 1. The Labute approximate surface area is 109 Å². The van der Waals surface area contributed by atoms with Crippen molar-refractivity contribution in [3.63, 3.8) is 0 Å². The van der Waals surface area contributed by atoms with Crippen LogP contribution in [0.2, 0.25) is 0 Å². The summed E-state index contributed by atoms with van der Waals surface area (Å²) in [5, 5.41) is 12.4. The molecule has 0 fully saturated rings. The van der Waals surface area contributed by atoms with E-state index in [-0.39, 0.29) is 6.04 Å². The minimum absolute atomic E-state index is 0.0713. The second kappa shape index (κ2) is 6.01. The SMILES string of the molecule is CCc1ccc(C(CC(C)(C)C(=O)O)NC)cc1. The normalized spacial score (nSPS) is 13.3. The standard InChI is InChI=1S/C15H23NO2/c1-5-11-6-8-12(9-7-11)13(16-4)10-15(2,3)14(17)18/h6-9,13,16H,5,10H2,1-4H3,(H,17,18). The fraction of sp³-hybridized carbons (Fsp3) is 0.533. The number of rotatable bonds is 6. The zero-order valence-corrected chi connectivity index (χ0v) is 11.7. The minimum Gasteiger partial charge on any atom is -0.481 e. The summed E-state index contributed by atoms with van der Waals surface area (Å²) in [5.74, 6) is -0.757. The molecule has 100 valence electrons. The lowest BCUT2D eigenvalue weighted by Crippen LogP contribution is -2.30. The predicted octanol–water partition coefficient (Wildman–Crippen LogP) is 3.01. The Bertz CT molecular complexity index is 395. The number of aryl methyl sites for hydroxylation is 1. The number of benzene rings is 1. The molecule has 0 spiro atoms. The molecule has 1 unspecified atom stereocenters. The van der Waals surface area contributed by atoms with Crippen molar-refractivity contribution >= 4 is 5.97 Å². The van der Waals surface area contributed by atoms with Crippen LogP contribution in [-0.4, -0.2) is 18.1 Å². The average Bonchev–Trinajstić information content (AvgIpc) is 2.36. The molecule has 1 rings (SSSR count). The van der Waals surface area contributed by atoms with Gasteiger partial charge in [-0.2, -0.15) is 0 Å². The molecule has 0 saturated carbocycles. The molecule has 1 atom stereocenters. The smallest absolute Gasteiger partial charge is 0.309 e. The van der Waals surface area contributed by atoms with E-state index in [1.165, 1.54) is 5.56 Å². The molecule has 2 N–H and O–H groups in total. The van der Waals surface area contributed by atoms with Crippen molar-refractivity contribution in [2.75, 3.05) is 7.05 Å². The third kappa shape index (κ3) is 3.57. The molecular weight excluding hydrogens is 226 g/mol. The van der Waals surface area contributed by atoms with Gasteiger partial charge in [-0.05, 0) is 44.9 Å². The van der Waals surface area contributed by atoms with E-state index in [9.17, 15) is 9.90 Å². The first-order valence-corrected chi connectivity index (χ1v) is 6.40. The lowest BCUT2D eigenvalue weighted by Gasteiger charge is -2.26. The Kier molecular flexibility index (Phi) is 4.91. The van der Waals surface area contributed by atoms with Gasteiger partial charge in [0, 0.05) is 6.04 Å². The first-order chi connectivity index (χ1) is 8.40. The first kappa shape index (κ1) is 14.7. The predicted molar refractivity (Wildman–Crippen MR) is 73.7 cm³/mol. The van der Waals surface area contributed by atoms with Gasteiger partial charge in [-0.25, -0.2) is 0 Å². The molecule has 3 heteroatoms. The van der Waals surface area contributed by atoms with Crippen LogP contribution >= 0.6 is 0 Å². The fourth-order valence-electron chi connectivity index (χ4n) is 1.97. The van der Waals surface area contributed by atoms with Crippen LogP contribution in [0.3, 0.4) is 0 Å². The topological polar surface area (TPSA) is 49.3 Å². The zero-order valence-electron chi connectivity index (χ0n) is 11.7. The zero-order chi connectivity index (χ0) is 13.8. The molecule has 18 heavy (non-hydrogen) atoms. The molecular formula is C15H23NO2. The maximum Gasteiger partial charge on any atom is 0.309 e. The third-order valence-electron chi connectivity index (χ3n) is 3.43. The molecule has 0 radical (unpaired) electrons. The van der Waals surface area contributed by atoms with Gasteiger partial charge in [0.1, 0.15) is 0 Å². The summed E-state index contributed by atoms with van der Waals surface area (Å²) in [5.41, 5.74) is 1.71. The fourth-order valence-corrected chi connectivity index (χ4v) is 1.97. The van der Waals surface area contributed by atoms with Gasteiger partial charge in [0.25, 0.3) is 0 Å². The maximum atomic E-state index is 11.2. The molecule has 0 heterocycles. The number of carbonyl (C=O) groups is 1. The Morgan fingerprint density at radius 1 is 1.33 bits per heavy atom. The summed E-state index contributed by atoms with van der Waals surface area (Å²) in [6, 6.07) is 8.44. The number of carboxylic acid groups (broad SMARTS) is 1. The van der Waals surface area contributed by atoms with Crippen LogP contribution in [0.5, 0.6) is 0 Å². The van der Waals surface area contributed by atoms with Crippen LogP contribution in [0, 0.1) is 5.41 Å². The Morgan fingerprint density at radius 2 is 1.89 bits per heavy atom. The largest absolute Gasteiger partial charge is 0.481 e. The van der Waals surface area contributed by atoms with Gasteiger partial charge in [-0.3, -0.25) is 4.79 Å². The molecule has 0 aliphatic carbocycles. The summed E-state index contributed by atoms with van der Waals surface area (Å²) in [4.78, 5) is 11.2. The highest BCUT2D eigenvalue weighted by Crippen LogP contribution is 2.30. The van der Waals surface area contributed by atoms with E-state index >= 15 is 0 Å². The van der Waals surface area contributed by atoms with Crippen molar-refractivity contribution in [3.05, 3.63) is 35.4 Å². The van der Waals surface area contributed by atoms with Gasteiger partial charge in [0.15, 0.2) is 0 Å². The van der Waals surface area contributed by atoms with Crippen molar-refractivity contribution in [2.45, 2.75) is 39.7 Å². The highest BCUT2D eigenvalue weighted by molar-refractivity contribution is 5.73. The highest BCUT2D eigenvalue weighted by atomic mass is 16.4. The summed E-state index contributed by atoms with van der Waals surface area (Å²) in [6.45, 7) is 5.65. The lowest BCUT2D eigenvalue weighted by atomic mass is 9.83. The molecule has 0 amide bonds. The lowest BCUT2D eigenvalue weighted by molar-refractivity contribution is -0.147. The van der Waals surface area contributed by atoms with Crippen molar-refractivity contribution in [1.82, 2.24) is 5.32 Å². The van der Waals surface area contributed by atoms with E-state index in [1.54, 1.807) is 13.8 Å². The molecule has 0 aliphatic heterocycles. The molecule has 0 aromatic heterocycles. The molecule has 0 saturated heterocycles. The van der Waals surface area contributed by atoms with Crippen LogP contribution in [-0.2, 0) is 11.2 Å². The highest BCUT2D eigenvalue weighted by Gasteiger charge is 2.30. The number of aliphatic carboxylic acids is 1. The second-order valence-electron chi connectivity index (χ2n) is 5.33. The van der Waals surface area contributed by atoms with E-state index in [2.05, 4.69) is 36.5 Å². The van der Waals surface area contributed by atoms with Crippen LogP contribution < -0.4 is 5.32 Å². The molecule has 0 aliphatic rings. The summed E-state index contributed by atoms with van der Waals surface area (Å²) >= 11 is 0. The Hall–Kier alpha value is -1.35. The summed E-state index contributed by atoms with van der Waals surface area (Å²) < 4.78 is 0. The van der Waals surface area contributed by atoms with Gasteiger partial charge in [-0.1, -0.05) is 31.2 Å². The van der Waals surface area contributed by atoms with E-state index < -0.39 is 11.4 Å². The number of hydrogen-bond donors (Lipinski definition) is 2. The quantitative estimate of drug-likeness (QED) is 0.814. The van der Waals surface area contributed by atoms with Gasteiger partial charge < -0.3 is 10.4 Å². The van der Waals surface area contributed by atoms with Crippen LogP contribution in [0.25, 0.3) is 0 Å². The van der Waals surface area contributed by atoms with Crippen LogP contribution in [0.15, 0.2) is 24.3 Å². The Balaban J connectivity index is 2.86. The van der Waals surface area contributed by atoms with Gasteiger partial charge in [0.2, 0.25) is 0 Å². The second-order valence-corrected chi connectivity index (χ2v) is 5.33. The number of hydrogen-bond acceptors (Lipinski definition) is 2. The van der Waals surface area contributed by atoms with E-state index in [0.717, 1.165) is 12.0 Å². The monoisotopic (exact) mass is 249 g/mol. The summed E-state index contributed by atoms with van der Waals surface area (Å²) in [6.07, 6.45) is 1.59. The van der Waals surface area contributed by atoms with Gasteiger partial charge in [0.05, 0.1) is 5.41 Å². The van der Waals surface area contributed by atoms with Crippen molar-refractivity contribution in [2.24, 2.45) is 5.41 Å². The van der Waals surface area contributed by atoms with E-state index in [1.807, 2.05) is 7.05 Å². The molecule has 1 aromatic rings. The summed E-state index contributed by atoms with van der Waals surface area (Å²) in [7, 11) is 1.87. The average molecular weight is 249 g/mol. The minimum atomic E-state index is -0.757. The van der Waals surface area contributed by atoms with E-state index in [4.69, 9.17) is 0 Å². The number of nitrogens with one attached hydrogen (secondary N) is 1.